The zero-order valence-electron chi connectivity index (χ0n) is 18.9. The minimum atomic E-state index is -0.0911. The van der Waals surface area contributed by atoms with Gasteiger partial charge in [0.2, 0.25) is 0 Å². The Morgan fingerprint density at radius 3 is 1.97 bits per heavy atom. The molecular weight excluding hydrogens is 372 g/mol. The molecule has 1 saturated heterocycles. The highest BCUT2D eigenvalue weighted by molar-refractivity contribution is 5.95. The van der Waals surface area contributed by atoms with Crippen molar-refractivity contribution in [3.8, 4) is 0 Å². The lowest BCUT2D eigenvalue weighted by Crippen LogP contribution is -2.47. The molecule has 1 aliphatic rings. The highest BCUT2D eigenvalue weighted by Crippen LogP contribution is 2.25. The maximum absolute atomic E-state index is 12.9. The minimum absolute atomic E-state index is 0.0674. The van der Waals surface area contributed by atoms with E-state index in [0.29, 0.717) is 17.7 Å². The molecule has 160 valence electrons. The molecule has 2 unspecified atom stereocenters. The fourth-order valence-corrected chi connectivity index (χ4v) is 4.14. The summed E-state index contributed by atoms with van der Waals surface area (Å²) in [6.07, 6.45) is 3.32. The van der Waals surface area contributed by atoms with Gasteiger partial charge in [-0.05, 0) is 73.9 Å². The first-order valence-corrected chi connectivity index (χ1v) is 11.0. The number of amides is 2. The smallest absolute Gasteiger partial charge is 0.254 e. The van der Waals surface area contributed by atoms with Crippen LogP contribution >= 0.6 is 0 Å². The molecule has 4 heteroatoms. The third-order valence-electron chi connectivity index (χ3n) is 6.10. The molecule has 3 rings (SSSR count). The van der Waals surface area contributed by atoms with E-state index in [1.807, 2.05) is 53.4 Å². The van der Waals surface area contributed by atoms with Crippen LogP contribution in [-0.4, -0.2) is 28.8 Å². The number of carbonyl (C=O) groups excluding carboxylic acids is 2. The Morgan fingerprint density at radius 2 is 1.43 bits per heavy atom. The fraction of sp³-hybridized carbons (Fsp3) is 0.462. The Hall–Kier alpha value is -2.62. The van der Waals surface area contributed by atoms with Crippen LogP contribution in [0.3, 0.4) is 0 Å². The van der Waals surface area contributed by atoms with E-state index < -0.39 is 0 Å². The van der Waals surface area contributed by atoms with Crippen molar-refractivity contribution in [2.45, 2.75) is 77.9 Å². The summed E-state index contributed by atoms with van der Waals surface area (Å²) >= 11 is 0. The summed E-state index contributed by atoms with van der Waals surface area (Å²) in [6, 6.07) is 15.9. The molecule has 0 bridgehead atoms. The SMILES string of the molecule is CC1CCCC(C)N1C(=O)c1ccc(CNC(=O)c2ccc(C(C)(C)C)cc2)cc1. The van der Waals surface area contributed by atoms with E-state index in [1.165, 1.54) is 12.0 Å². The van der Waals surface area contributed by atoms with Crippen molar-refractivity contribution in [2.75, 3.05) is 0 Å². The summed E-state index contributed by atoms with van der Waals surface area (Å²) in [7, 11) is 0. The van der Waals surface area contributed by atoms with E-state index >= 15 is 0 Å². The number of nitrogens with one attached hydrogen (secondary N) is 1. The average molecular weight is 407 g/mol. The van der Waals surface area contributed by atoms with Crippen molar-refractivity contribution in [3.63, 3.8) is 0 Å². The predicted octanol–water partition coefficient (Wildman–Crippen LogP) is 5.32. The van der Waals surface area contributed by atoms with Gasteiger partial charge >= 0.3 is 0 Å². The summed E-state index contributed by atoms with van der Waals surface area (Å²) in [6.45, 7) is 11.2. The third-order valence-corrected chi connectivity index (χ3v) is 6.10. The second-order valence-corrected chi connectivity index (χ2v) is 9.55. The highest BCUT2D eigenvalue weighted by atomic mass is 16.2. The molecule has 4 nitrogen and oxygen atoms in total. The predicted molar refractivity (Wildman–Crippen MR) is 122 cm³/mol. The number of hydrogen-bond acceptors (Lipinski definition) is 2. The molecular formula is C26H34N2O2. The van der Waals surface area contributed by atoms with Crippen molar-refractivity contribution in [1.29, 1.82) is 0 Å². The highest BCUT2D eigenvalue weighted by Gasteiger charge is 2.29. The van der Waals surface area contributed by atoms with Crippen LogP contribution in [0.25, 0.3) is 0 Å². The zero-order valence-corrected chi connectivity index (χ0v) is 18.9. The van der Waals surface area contributed by atoms with Gasteiger partial charge in [-0.25, -0.2) is 0 Å². The van der Waals surface area contributed by atoms with Crippen LogP contribution in [0.4, 0.5) is 0 Å². The normalized spacial score (nSPS) is 19.4. The molecule has 2 atom stereocenters. The van der Waals surface area contributed by atoms with Crippen molar-refractivity contribution < 1.29 is 9.59 Å². The molecule has 0 aliphatic carbocycles. The van der Waals surface area contributed by atoms with E-state index in [2.05, 4.69) is 39.9 Å². The summed E-state index contributed by atoms with van der Waals surface area (Å²) in [5, 5.41) is 2.97. The Kier molecular flexibility index (Phi) is 6.64. The Morgan fingerprint density at radius 1 is 0.900 bits per heavy atom. The molecule has 2 aromatic carbocycles. The van der Waals surface area contributed by atoms with Gasteiger partial charge in [0.25, 0.3) is 11.8 Å². The van der Waals surface area contributed by atoms with Crippen LogP contribution in [0.5, 0.6) is 0 Å². The topological polar surface area (TPSA) is 49.4 Å². The maximum atomic E-state index is 12.9. The Labute approximate surface area is 180 Å². The molecule has 0 aromatic heterocycles. The van der Waals surface area contributed by atoms with Crippen LogP contribution in [0, 0.1) is 0 Å². The van der Waals surface area contributed by atoms with E-state index in [1.54, 1.807) is 0 Å². The molecule has 1 aliphatic heterocycles. The number of hydrogen-bond donors (Lipinski definition) is 1. The largest absolute Gasteiger partial charge is 0.348 e. The standard InChI is InChI=1S/C26H34N2O2/c1-18-7-6-8-19(2)28(18)25(30)22-11-9-20(10-12-22)17-27-24(29)21-13-15-23(16-14-21)26(3,4)5/h9-16,18-19H,6-8,17H2,1-5H3,(H,27,29). The summed E-state index contributed by atoms with van der Waals surface area (Å²) in [4.78, 5) is 27.4. The second-order valence-electron chi connectivity index (χ2n) is 9.55. The first-order chi connectivity index (χ1) is 14.2. The van der Waals surface area contributed by atoms with Crippen molar-refractivity contribution in [1.82, 2.24) is 10.2 Å². The number of piperidine rings is 1. The van der Waals surface area contributed by atoms with Crippen molar-refractivity contribution in [2.24, 2.45) is 0 Å². The van der Waals surface area contributed by atoms with Crippen molar-refractivity contribution in [3.05, 3.63) is 70.8 Å². The lowest BCUT2D eigenvalue weighted by atomic mass is 9.87. The van der Waals surface area contributed by atoms with Crippen LogP contribution in [0.15, 0.2) is 48.5 Å². The van der Waals surface area contributed by atoms with Crippen LogP contribution in [0.2, 0.25) is 0 Å². The van der Waals surface area contributed by atoms with Gasteiger partial charge in [-0.2, -0.15) is 0 Å². The molecule has 1 N–H and O–H groups in total. The number of carbonyl (C=O) groups is 2. The van der Waals surface area contributed by atoms with Gasteiger partial charge in [-0.3, -0.25) is 9.59 Å². The first kappa shape index (κ1) is 22.1. The monoisotopic (exact) mass is 406 g/mol. The second kappa shape index (κ2) is 9.03. The summed E-state index contributed by atoms with van der Waals surface area (Å²) in [5.74, 6) is 0.0100. The van der Waals surface area contributed by atoms with Gasteiger partial charge in [0, 0.05) is 29.8 Å². The van der Waals surface area contributed by atoms with Gasteiger partial charge < -0.3 is 10.2 Å². The minimum Gasteiger partial charge on any atom is -0.348 e. The van der Waals surface area contributed by atoms with E-state index in [-0.39, 0.29) is 29.3 Å². The molecule has 0 radical (unpaired) electrons. The first-order valence-electron chi connectivity index (χ1n) is 11.0. The van der Waals surface area contributed by atoms with Crippen molar-refractivity contribution >= 4 is 11.8 Å². The zero-order chi connectivity index (χ0) is 21.9. The molecule has 0 saturated carbocycles. The lowest BCUT2D eigenvalue weighted by Gasteiger charge is -2.39. The number of nitrogens with zero attached hydrogens (tertiary/aromatic N) is 1. The average Bonchev–Trinajstić information content (AvgIpc) is 2.71. The van der Waals surface area contributed by atoms with Gasteiger partial charge in [0.1, 0.15) is 0 Å². The van der Waals surface area contributed by atoms with E-state index in [0.717, 1.165) is 18.4 Å². The van der Waals surface area contributed by atoms with Crippen LogP contribution in [-0.2, 0) is 12.0 Å². The van der Waals surface area contributed by atoms with Gasteiger partial charge in [0.05, 0.1) is 0 Å². The molecule has 1 heterocycles. The summed E-state index contributed by atoms with van der Waals surface area (Å²) < 4.78 is 0. The van der Waals surface area contributed by atoms with E-state index in [9.17, 15) is 9.59 Å². The molecule has 2 aromatic rings. The maximum Gasteiger partial charge on any atom is 0.254 e. The quantitative estimate of drug-likeness (QED) is 0.747. The Balaban J connectivity index is 1.59. The number of rotatable bonds is 4. The van der Waals surface area contributed by atoms with Gasteiger partial charge in [0.15, 0.2) is 0 Å². The molecule has 30 heavy (non-hydrogen) atoms. The molecule has 1 fully saturated rings. The molecule has 0 spiro atoms. The van der Waals surface area contributed by atoms with Crippen LogP contribution < -0.4 is 5.32 Å². The Bertz CT molecular complexity index is 869. The lowest BCUT2D eigenvalue weighted by molar-refractivity contribution is 0.0510. The number of benzene rings is 2. The summed E-state index contributed by atoms with van der Waals surface area (Å²) in [5.41, 5.74) is 3.62. The van der Waals surface area contributed by atoms with Crippen LogP contribution in [0.1, 0.15) is 85.7 Å². The molecule has 2 amide bonds. The fourth-order valence-electron chi connectivity index (χ4n) is 4.14. The number of likely N-dealkylation sites (tertiary alicyclic amines) is 1. The third kappa shape index (κ3) is 5.10. The van der Waals surface area contributed by atoms with Gasteiger partial charge in [-0.1, -0.05) is 45.0 Å². The van der Waals surface area contributed by atoms with Gasteiger partial charge in [-0.15, -0.1) is 0 Å². The van der Waals surface area contributed by atoms with E-state index in [4.69, 9.17) is 0 Å².